The van der Waals surface area contributed by atoms with Crippen LogP contribution >= 0.6 is 0 Å². The molecule has 0 amide bonds. The highest BCUT2D eigenvalue weighted by Gasteiger charge is 2.11. The van der Waals surface area contributed by atoms with E-state index in [1.807, 2.05) is 0 Å². The van der Waals surface area contributed by atoms with Gasteiger partial charge in [-0.2, -0.15) is 0 Å². The van der Waals surface area contributed by atoms with Gasteiger partial charge >= 0.3 is 0 Å². The van der Waals surface area contributed by atoms with Crippen molar-refractivity contribution in [3.05, 3.63) is 35.4 Å². The summed E-state index contributed by atoms with van der Waals surface area (Å²) in [7, 11) is -5.51. The highest BCUT2D eigenvalue weighted by atomic mass is 32.2. The van der Waals surface area contributed by atoms with Crippen LogP contribution in [0.2, 0.25) is 0 Å². The molecule has 2 rings (SSSR count). The predicted octanol–water partition coefficient (Wildman–Crippen LogP) is 1.32. The molecule has 0 aliphatic heterocycles. The third kappa shape index (κ3) is 3.59. The SMILES string of the molecule is [2H]c1[nH]c2c([2H])c([2H])c(C([2H])([2H])S(=O)(=O)NC([2H])([2H])[2H])c([2H])c2c1C([2H])([2H])CN(C([2H])([2H])[2H])C([2H])([2H])[2H]. The van der Waals surface area contributed by atoms with Crippen LogP contribution in [-0.2, 0) is 22.1 Å². The fraction of sp³-hybridized carbons (Fsp3) is 0.429. The summed E-state index contributed by atoms with van der Waals surface area (Å²) in [5.74, 6) is 0. The molecule has 2 N–H and O–H groups in total. The first kappa shape index (κ1) is 4.32. The quantitative estimate of drug-likeness (QED) is 0.845. The summed E-state index contributed by atoms with van der Waals surface area (Å²) < 4.78 is 158. The molecule has 0 saturated carbocycles. The van der Waals surface area contributed by atoms with Crippen molar-refractivity contribution in [2.45, 2.75) is 12.1 Å². The molecule has 0 bridgehead atoms. The van der Waals surface area contributed by atoms with E-state index in [1.165, 1.54) is 0 Å². The third-order valence-corrected chi connectivity index (χ3v) is 2.90. The molecule has 20 heavy (non-hydrogen) atoms. The zero-order valence-electron chi connectivity index (χ0n) is 26.9. The summed E-state index contributed by atoms with van der Waals surface area (Å²) >= 11 is 0. The van der Waals surface area contributed by atoms with Crippen molar-refractivity contribution in [2.24, 2.45) is 0 Å². The number of H-pyrrole nitrogens is 1. The lowest BCUT2D eigenvalue weighted by molar-refractivity contribution is 0.414. The molecule has 0 fully saturated rings. The summed E-state index contributed by atoms with van der Waals surface area (Å²) in [6, 6.07) is -3.37. The Labute approximate surface area is 143 Å². The number of benzene rings is 1. The second kappa shape index (κ2) is 5.95. The molecule has 1 aromatic heterocycles. The Balaban J connectivity index is 2.93. The molecular formula is C14H21N3O2S. The maximum atomic E-state index is 12.5. The molecule has 0 radical (unpaired) electrons. The fourth-order valence-corrected chi connectivity index (χ4v) is 1.80. The van der Waals surface area contributed by atoms with Crippen molar-refractivity contribution in [3.8, 4) is 0 Å². The minimum Gasteiger partial charge on any atom is -0.361 e. The van der Waals surface area contributed by atoms with Gasteiger partial charge in [-0.1, -0.05) is 6.04 Å². The van der Waals surface area contributed by atoms with Crippen molar-refractivity contribution in [2.75, 3.05) is 27.5 Å². The summed E-state index contributed by atoms with van der Waals surface area (Å²) in [5, 5.41) is -0.782. The zero-order chi connectivity index (χ0) is 29.3. The Morgan fingerprint density at radius 1 is 1.50 bits per heavy atom. The Hall–Kier alpha value is -1.37. The predicted molar refractivity (Wildman–Crippen MR) is 82.2 cm³/mol. The highest BCUT2D eigenvalue weighted by Crippen LogP contribution is 2.21. The van der Waals surface area contributed by atoms with Crippen LogP contribution in [0.3, 0.4) is 0 Å². The second-order valence-corrected chi connectivity index (χ2v) is 5.01. The van der Waals surface area contributed by atoms with E-state index < -0.39 is 95.9 Å². The average molecular weight is 313 g/mol. The standard InChI is InChI=1S/C14H21N3O2S/c1-15-20(18,19)10-11-4-5-14-13(8-11)12(9-16-14)6-7-17(2)3/h4-5,8-9,15-16H,6-7,10H2,1-3H3/i1D3,2D3,3D3,4D,5D,6D2,8D,9D,10D2. The number of sulfonamides is 1. The van der Waals surface area contributed by atoms with Gasteiger partial charge in [0.15, 0.2) is 0 Å². The maximum absolute atomic E-state index is 12.5. The molecule has 5 nitrogen and oxygen atoms in total. The zero-order valence-corrected chi connectivity index (χ0v) is 10.7. The van der Waals surface area contributed by atoms with Gasteiger partial charge in [-0.25, -0.2) is 13.1 Å². The fourth-order valence-electron chi connectivity index (χ4n) is 1.38. The Kier molecular flexibility index (Phi) is 1.28. The number of rotatable bonds is 6. The number of aromatic nitrogens is 1. The summed E-state index contributed by atoms with van der Waals surface area (Å²) in [6.45, 7) is -11.5. The van der Waals surface area contributed by atoms with E-state index >= 15 is 0 Å². The number of nitrogens with one attached hydrogen (secondary N) is 2. The van der Waals surface area contributed by atoms with Gasteiger partial charge in [0.25, 0.3) is 0 Å². The van der Waals surface area contributed by atoms with E-state index in [-0.39, 0.29) is 4.90 Å². The number of likely N-dealkylation sites (N-methyl/N-ethyl adjacent to an activating group) is 1. The molecule has 1 heterocycles. The molecule has 0 aliphatic rings. The lowest BCUT2D eigenvalue weighted by Gasteiger charge is -2.08. The molecule has 0 aliphatic carbocycles. The van der Waals surface area contributed by atoms with Crippen molar-refractivity contribution < 1.29 is 31.7 Å². The third-order valence-electron chi connectivity index (χ3n) is 2.16. The van der Waals surface area contributed by atoms with E-state index in [0.717, 1.165) is 4.72 Å². The first-order chi connectivity index (χ1) is 16.2. The summed E-state index contributed by atoms with van der Waals surface area (Å²) in [5.41, 5.74) is -6.64. The van der Waals surface area contributed by atoms with Crippen LogP contribution in [-0.4, -0.2) is 45.8 Å². The summed E-state index contributed by atoms with van der Waals surface area (Å²) in [6.07, 6.45) is -3.94. The van der Waals surface area contributed by atoms with Gasteiger partial charge in [0, 0.05) is 41.4 Å². The van der Waals surface area contributed by atoms with Crippen LogP contribution in [0, 0.1) is 0 Å². The molecule has 0 spiro atoms. The lowest BCUT2D eigenvalue weighted by Crippen LogP contribution is -2.20. The minimum absolute atomic E-state index is 0.159. The molecule has 0 saturated heterocycles. The van der Waals surface area contributed by atoms with Crippen molar-refractivity contribution in [1.82, 2.24) is 14.6 Å². The number of hydrogen-bond acceptors (Lipinski definition) is 3. The number of hydrogen-bond donors (Lipinski definition) is 2. The normalized spacial score (nSPS) is 28.1. The molecule has 0 unspecified atom stereocenters. The Morgan fingerprint density at radius 2 is 2.35 bits per heavy atom. The smallest absolute Gasteiger partial charge is 0.215 e. The van der Waals surface area contributed by atoms with Crippen molar-refractivity contribution in [1.29, 1.82) is 0 Å². The number of aromatic amines is 1. The maximum Gasteiger partial charge on any atom is 0.215 e. The minimum atomic E-state index is -5.51. The molecule has 0 atom stereocenters. The van der Waals surface area contributed by atoms with Gasteiger partial charge in [-0.3, -0.25) is 0 Å². The van der Waals surface area contributed by atoms with E-state index in [2.05, 4.69) is 4.98 Å². The van der Waals surface area contributed by atoms with Gasteiger partial charge in [0.1, 0.15) is 0 Å². The van der Waals surface area contributed by atoms with Crippen molar-refractivity contribution >= 4 is 20.9 Å². The Morgan fingerprint density at radius 3 is 3.10 bits per heavy atom. The number of nitrogens with zero attached hydrogens (tertiary/aromatic N) is 1. The second-order valence-electron chi connectivity index (χ2n) is 3.60. The lowest BCUT2D eigenvalue weighted by atomic mass is 10.1. The number of fused-ring (bicyclic) bond motifs is 1. The monoisotopic (exact) mass is 312 g/mol. The first-order valence-electron chi connectivity index (χ1n) is 13.6. The van der Waals surface area contributed by atoms with E-state index in [4.69, 9.17) is 23.3 Å². The first-order valence-corrected chi connectivity index (χ1v) is 6.59. The van der Waals surface area contributed by atoms with Crippen LogP contribution < -0.4 is 4.72 Å². The average Bonchev–Trinajstić information content (AvgIpc) is 2.99. The van der Waals surface area contributed by atoms with Crippen LogP contribution in [0.15, 0.2) is 24.3 Å². The highest BCUT2D eigenvalue weighted by molar-refractivity contribution is 7.88. The van der Waals surface area contributed by atoms with Gasteiger partial charge in [0.05, 0.1) is 11.2 Å². The van der Waals surface area contributed by atoms with E-state index in [9.17, 15) is 8.42 Å². The molecule has 1 aromatic carbocycles. The van der Waals surface area contributed by atoms with Crippen LogP contribution in [0.4, 0.5) is 0 Å². The van der Waals surface area contributed by atoms with Crippen molar-refractivity contribution in [3.63, 3.8) is 0 Å². The Bertz CT molecular complexity index is 1290. The van der Waals surface area contributed by atoms with Gasteiger partial charge < -0.3 is 9.88 Å². The molecule has 6 heteroatoms. The largest absolute Gasteiger partial charge is 0.361 e. The molecule has 2 aromatic rings. The van der Waals surface area contributed by atoms with Crippen LogP contribution in [0.1, 0.15) is 34.4 Å². The van der Waals surface area contributed by atoms with Gasteiger partial charge in [0.2, 0.25) is 10.0 Å². The van der Waals surface area contributed by atoms with E-state index in [0.29, 0.717) is 0 Å². The topological polar surface area (TPSA) is 65.2 Å². The van der Waals surface area contributed by atoms with E-state index in [1.54, 1.807) is 0 Å². The van der Waals surface area contributed by atoms with Gasteiger partial charge in [-0.05, 0) is 50.5 Å². The van der Waals surface area contributed by atoms with Crippen LogP contribution in [0.5, 0.6) is 0 Å². The molecule has 110 valence electrons. The van der Waals surface area contributed by atoms with Crippen LogP contribution in [0.25, 0.3) is 10.9 Å². The molecular weight excluding hydrogens is 274 g/mol. The van der Waals surface area contributed by atoms with Gasteiger partial charge in [-0.15, -0.1) is 0 Å². The summed E-state index contributed by atoms with van der Waals surface area (Å²) in [4.78, 5) is 2.05.